The standard InChI is InChI=1S/C20H19N3OS/c1-14-21-18(13-25-14)20-22-19(24)12-23(20)11-15-7-9-17(10-8-15)16-5-3-2-4-6-16/h2-10,13,20H,11-12H2,1H3,(H,22,24)/t20-/m1/s1. The van der Waals surface area contributed by atoms with Crippen molar-refractivity contribution in [1.29, 1.82) is 0 Å². The zero-order chi connectivity index (χ0) is 17.2. The van der Waals surface area contributed by atoms with Crippen molar-refractivity contribution in [3.8, 4) is 11.1 Å². The molecule has 126 valence electrons. The molecule has 1 fully saturated rings. The molecule has 1 aliphatic heterocycles. The van der Waals surface area contributed by atoms with Gasteiger partial charge in [-0.1, -0.05) is 54.6 Å². The van der Waals surface area contributed by atoms with Gasteiger partial charge >= 0.3 is 0 Å². The quantitative estimate of drug-likeness (QED) is 0.780. The SMILES string of the molecule is Cc1nc([C@@H]2NC(=O)CN2Cc2ccc(-c3ccccc3)cc2)cs1. The van der Waals surface area contributed by atoms with Crippen molar-refractivity contribution in [2.75, 3.05) is 6.54 Å². The van der Waals surface area contributed by atoms with Gasteiger partial charge in [0.2, 0.25) is 5.91 Å². The summed E-state index contributed by atoms with van der Waals surface area (Å²) in [4.78, 5) is 18.6. The third-order valence-electron chi connectivity index (χ3n) is 4.37. The van der Waals surface area contributed by atoms with E-state index in [2.05, 4.69) is 51.6 Å². The van der Waals surface area contributed by atoms with Crippen molar-refractivity contribution >= 4 is 17.2 Å². The molecule has 1 aromatic heterocycles. The lowest BCUT2D eigenvalue weighted by Gasteiger charge is -2.21. The minimum atomic E-state index is -0.133. The van der Waals surface area contributed by atoms with Crippen LogP contribution in [0, 0.1) is 6.92 Å². The van der Waals surface area contributed by atoms with Gasteiger partial charge in [-0.3, -0.25) is 9.69 Å². The van der Waals surface area contributed by atoms with Crippen LogP contribution in [0.15, 0.2) is 60.0 Å². The minimum absolute atomic E-state index is 0.0524. The molecule has 5 heteroatoms. The summed E-state index contributed by atoms with van der Waals surface area (Å²) in [5, 5.41) is 6.06. The third-order valence-corrected chi connectivity index (χ3v) is 5.16. The van der Waals surface area contributed by atoms with Gasteiger partial charge in [-0.15, -0.1) is 11.3 Å². The summed E-state index contributed by atoms with van der Waals surface area (Å²) < 4.78 is 0. The van der Waals surface area contributed by atoms with Gasteiger partial charge in [-0.25, -0.2) is 4.98 Å². The van der Waals surface area contributed by atoms with Crippen molar-refractivity contribution in [3.63, 3.8) is 0 Å². The predicted molar refractivity (Wildman–Crippen MR) is 100 cm³/mol. The topological polar surface area (TPSA) is 45.2 Å². The largest absolute Gasteiger partial charge is 0.334 e. The van der Waals surface area contributed by atoms with Crippen LogP contribution in [0.1, 0.15) is 22.4 Å². The number of aromatic nitrogens is 1. The van der Waals surface area contributed by atoms with Crippen LogP contribution in [0.2, 0.25) is 0 Å². The second-order valence-corrected chi connectivity index (χ2v) is 7.29. The Hall–Kier alpha value is -2.50. The molecule has 0 bridgehead atoms. The Morgan fingerprint density at radius 1 is 1.12 bits per heavy atom. The number of thiazole rings is 1. The van der Waals surface area contributed by atoms with E-state index in [0.29, 0.717) is 6.54 Å². The van der Waals surface area contributed by atoms with Gasteiger partial charge in [0.25, 0.3) is 0 Å². The van der Waals surface area contributed by atoms with Crippen LogP contribution in [0.4, 0.5) is 0 Å². The second kappa shape index (κ2) is 6.78. The summed E-state index contributed by atoms with van der Waals surface area (Å²) in [6.45, 7) is 3.11. The summed E-state index contributed by atoms with van der Waals surface area (Å²) in [7, 11) is 0. The highest BCUT2D eigenvalue weighted by molar-refractivity contribution is 7.09. The number of benzene rings is 2. The van der Waals surface area contributed by atoms with E-state index in [1.807, 2.05) is 30.5 Å². The number of nitrogens with one attached hydrogen (secondary N) is 1. The molecule has 0 radical (unpaired) electrons. The van der Waals surface area contributed by atoms with Gasteiger partial charge in [0.1, 0.15) is 6.17 Å². The first-order valence-electron chi connectivity index (χ1n) is 8.29. The molecule has 0 spiro atoms. The first-order chi connectivity index (χ1) is 12.2. The van der Waals surface area contributed by atoms with Gasteiger partial charge in [0.05, 0.1) is 17.2 Å². The normalized spacial score (nSPS) is 17.6. The molecule has 1 amide bonds. The number of nitrogens with zero attached hydrogens (tertiary/aromatic N) is 2. The lowest BCUT2D eigenvalue weighted by atomic mass is 10.0. The van der Waals surface area contributed by atoms with E-state index in [4.69, 9.17) is 0 Å². The molecule has 3 aromatic rings. The maximum atomic E-state index is 11.9. The Balaban J connectivity index is 1.51. The van der Waals surface area contributed by atoms with Gasteiger partial charge < -0.3 is 5.32 Å². The monoisotopic (exact) mass is 349 g/mol. The Morgan fingerprint density at radius 3 is 2.52 bits per heavy atom. The van der Waals surface area contributed by atoms with Gasteiger partial charge in [-0.05, 0) is 23.6 Å². The summed E-state index contributed by atoms with van der Waals surface area (Å²) in [6.07, 6.45) is -0.133. The maximum absolute atomic E-state index is 11.9. The van der Waals surface area contributed by atoms with Crippen molar-refractivity contribution in [2.45, 2.75) is 19.6 Å². The molecule has 1 aliphatic rings. The van der Waals surface area contributed by atoms with E-state index >= 15 is 0 Å². The molecule has 4 rings (SSSR count). The van der Waals surface area contributed by atoms with Gasteiger partial charge in [0, 0.05) is 11.9 Å². The number of hydrogen-bond acceptors (Lipinski definition) is 4. The summed E-state index contributed by atoms with van der Waals surface area (Å²) >= 11 is 1.61. The lowest BCUT2D eigenvalue weighted by molar-refractivity contribution is -0.118. The smallest absolute Gasteiger partial charge is 0.235 e. The molecule has 2 heterocycles. The molecule has 4 nitrogen and oxygen atoms in total. The van der Waals surface area contributed by atoms with Crippen molar-refractivity contribution < 1.29 is 4.79 Å². The number of aryl methyl sites for hydroxylation is 1. The lowest BCUT2D eigenvalue weighted by Crippen LogP contribution is -2.27. The van der Waals surface area contributed by atoms with Crippen LogP contribution in [0.5, 0.6) is 0 Å². The van der Waals surface area contributed by atoms with Crippen LogP contribution in [0.25, 0.3) is 11.1 Å². The molecule has 0 unspecified atom stereocenters. The number of amides is 1. The highest BCUT2D eigenvalue weighted by Crippen LogP contribution is 2.26. The average molecular weight is 349 g/mol. The van der Waals surface area contributed by atoms with Crippen LogP contribution < -0.4 is 5.32 Å². The fraction of sp³-hybridized carbons (Fsp3) is 0.200. The molecular weight excluding hydrogens is 330 g/mol. The molecule has 25 heavy (non-hydrogen) atoms. The van der Waals surface area contributed by atoms with E-state index in [1.54, 1.807) is 11.3 Å². The number of carbonyl (C=O) groups excluding carboxylic acids is 1. The average Bonchev–Trinajstić information content (AvgIpc) is 3.22. The van der Waals surface area contributed by atoms with E-state index in [9.17, 15) is 4.79 Å². The van der Waals surface area contributed by atoms with Gasteiger partial charge in [-0.2, -0.15) is 0 Å². The Bertz CT molecular complexity index is 873. The zero-order valence-electron chi connectivity index (χ0n) is 14.0. The predicted octanol–water partition coefficient (Wildman–Crippen LogP) is 3.75. The van der Waals surface area contributed by atoms with Gasteiger partial charge in [0.15, 0.2) is 0 Å². The second-order valence-electron chi connectivity index (χ2n) is 6.23. The third kappa shape index (κ3) is 3.48. The molecule has 1 atom stereocenters. The first kappa shape index (κ1) is 16.0. The highest BCUT2D eigenvalue weighted by atomic mass is 32.1. The first-order valence-corrected chi connectivity index (χ1v) is 9.17. The Morgan fingerprint density at radius 2 is 1.84 bits per heavy atom. The summed E-state index contributed by atoms with van der Waals surface area (Å²) in [6, 6.07) is 18.9. The molecule has 1 N–H and O–H groups in total. The Labute approximate surface area is 151 Å². The van der Waals surface area contributed by atoms with Crippen molar-refractivity contribution in [2.24, 2.45) is 0 Å². The molecule has 1 saturated heterocycles. The molecule has 0 saturated carbocycles. The minimum Gasteiger partial charge on any atom is -0.334 e. The fourth-order valence-corrected chi connectivity index (χ4v) is 3.78. The molecule has 2 aromatic carbocycles. The number of hydrogen-bond donors (Lipinski definition) is 1. The number of carbonyl (C=O) groups is 1. The highest BCUT2D eigenvalue weighted by Gasteiger charge is 2.32. The number of rotatable bonds is 4. The van der Waals surface area contributed by atoms with Crippen LogP contribution in [0.3, 0.4) is 0 Å². The molecule has 0 aliphatic carbocycles. The van der Waals surface area contributed by atoms with Crippen molar-refractivity contribution in [1.82, 2.24) is 15.2 Å². The van der Waals surface area contributed by atoms with E-state index in [0.717, 1.165) is 17.2 Å². The van der Waals surface area contributed by atoms with Crippen LogP contribution >= 0.6 is 11.3 Å². The van der Waals surface area contributed by atoms with Crippen molar-refractivity contribution in [3.05, 3.63) is 76.2 Å². The van der Waals surface area contributed by atoms with E-state index in [1.165, 1.54) is 16.7 Å². The van der Waals surface area contributed by atoms with Crippen LogP contribution in [-0.2, 0) is 11.3 Å². The maximum Gasteiger partial charge on any atom is 0.235 e. The summed E-state index contributed by atoms with van der Waals surface area (Å²) in [5.41, 5.74) is 4.52. The fourth-order valence-electron chi connectivity index (χ4n) is 3.15. The zero-order valence-corrected chi connectivity index (χ0v) is 14.8. The van der Waals surface area contributed by atoms with E-state index < -0.39 is 0 Å². The molecular formula is C20H19N3OS. The van der Waals surface area contributed by atoms with Crippen LogP contribution in [-0.4, -0.2) is 22.3 Å². The summed E-state index contributed by atoms with van der Waals surface area (Å²) in [5.74, 6) is 0.0524. The Kier molecular flexibility index (Phi) is 4.34. The van der Waals surface area contributed by atoms with E-state index in [-0.39, 0.29) is 12.1 Å².